The summed E-state index contributed by atoms with van der Waals surface area (Å²) in [6.07, 6.45) is 9.75. The van der Waals surface area contributed by atoms with E-state index in [1.54, 1.807) is 0 Å². The quantitative estimate of drug-likeness (QED) is 0.394. The molecule has 0 unspecified atom stereocenters. The molecule has 0 aliphatic heterocycles. The average Bonchev–Trinajstić information content (AvgIpc) is 2.38. The summed E-state index contributed by atoms with van der Waals surface area (Å²) >= 11 is 0. The molecule has 108 valence electrons. The normalized spacial score (nSPS) is 10.6. The SMILES string of the molecule is O=C(CCCO)OCCCCCCCCCCO. The van der Waals surface area contributed by atoms with Crippen LogP contribution in [0, 0.1) is 0 Å². The van der Waals surface area contributed by atoms with Crippen LogP contribution in [0.4, 0.5) is 0 Å². The zero-order chi connectivity index (χ0) is 13.5. The molecule has 2 N–H and O–H groups in total. The zero-order valence-electron chi connectivity index (χ0n) is 11.4. The van der Waals surface area contributed by atoms with Crippen LogP contribution >= 0.6 is 0 Å². The molecule has 0 radical (unpaired) electrons. The third-order valence-electron chi connectivity index (χ3n) is 2.85. The number of hydrogen-bond acceptors (Lipinski definition) is 4. The van der Waals surface area contributed by atoms with Crippen LogP contribution in [0.5, 0.6) is 0 Å². The summed E-state index contributed by atoms with van der Waals surface area (Å²) in [4.78, 5) is 11.1. The van der Waals surface area contributed by atoms with Gasteiger partial charge in [-0.25, -0.2) is 0 Å². The van der Waals surface area contributed by atoms with E-state index in [1.807, 2.05) is 0 Å². The van der Waals surface area contributed by atoms with Crippen LogP contribution in [0.2, 0.25) is 0 Å². The van der Waals surface area contributed by atoms with Crippen LogP contribution in [-0.2, 0) is 9.53 Å². The van der Waals surface area contributed by atoms with Gasteiger partial charge in [0.1, 0.15) is 0 Å². The van der Waals surface area contributed by atoms with Crippen molar-refractivity contribution >= 4 is 5.97 Å². The highest BCUT2D eigenvalue weighted by Gasteiger charge is 2.01. The Hall–Kier alpha value is -0.610. The maximum atomic E-state index is 11.1. The van der Waals surface area contributed by atoms with Crippen LogP contribution in [0.25, 0.3) is 0 Å². The predicted octanol–water partition coefficient (Wildman–Crippen LogP) is 2.42. The number of carbonyl (C=O) groups excluding carboxylic acids is 1. The van der Waals surface area contributed by atoms with Crippen molar-refractivity contribution < 1.29 is 19.7 Å². The Morgan fingerprint density at radius 2 is 1.22 bits per heavy atom. The van der Waals surface area contributed by atoms with Gasteiger partial charge in [0.15, 0.2) is 0 Å². The third kappa shape index (κ3) is 13.5. The van der Waals surface area contributed by atoms with E-state index in [-0.39, 0.29) is 12.6 Å². The Kier molecular flexibility index (Phi) is 14.0. The number of rotatable bonds is 13. The van der Waals surface area contributed by atoms with Gasteiger partial charge in [-0.3, -0.25) is 4.79 Å². The van der Waals surface area contributed by atoms with Crippen LogP contribution in [0.15, 0.2) is 0 Å². The second-order valence-electron chi connectivity index (χ2n) is 4.60. The molecule has 18 heavy (non-hydrogen) atoms. The maximum Gasteiger partial charge on any atom is 0.305 e. The average molecular weight is 260 g/mol. The molecule has 0 amide bonds. The molecule has 0 saturated carbocycles. The highest BCUT2D eigenvalue weighted by atomic mass is 16.5. The first-order chi connectivity index (χ1) is 8.81. The van der Waals surface area contributed by atoms with E-state index < -0.39 is 0 Å². The molecular weight excluding hydrogens is 232 g/mol. The van der Waals surface area contributed by atoms with Crippen LogP contribution in [-0.4, -0.2) is 36.0 Å². The lowest BCUT2D eigenvalue weighted by Gasteiger charge is -2.04. The molecule has 0 heterocycles. The number of carbonyl (C=O) groups is 1. The molecule has 4 heteroatoms. The van der Waals surface area contributed by atoms with E-state index in [2.05, 4.69) is 0 Å². The first-order valence-electron chi connectivity index (χ1n) is 7.18. The monoisotopic (exact) mass is 260 g/mol. The lowest BCUT2D eigenvalue weighted by molar-refractivity contribution is -0.144. The van der Waals surface area contributed by atoms with Gasteiger partial charge in [-0.05, 0) is 19.3 Å². The first kappa shape index (κ1) is 17.4. The van der Waals surface area contributed by atoms with Crippen molar-refractivity contribution in [2.75, 3.05) is 19.8 Å². The second kappa shape index (κ2) is 14.5. The highest BCUT2D eigenvalue weighted by molar-refractivity contribution is 5.69. The second-order valence-corrected chi connectivity index (χ2v) is 4.60. The van der Waals surface area contributed by atoms with Crippen molar-refractivity contribution in [1.82, 2.24) is 0 Å². The summed E-state index contributed by atoms with van der Waals surface area (Å²) in [7, 11) is 0. The highest BCUT2D eigenvalue weighted by Crippen LogP contribution is 2.08. The van der Waals surface area contributed by atoms with Crippen molar-refractivity contribution in [2.45, 2.75) is 64.2 Å². The van der Waals surface area contributed by atoms with Gasteiger partial charge < -0.3 is 14.9 Å². The molecule has 0 aromatic heterocycles. The fraction of sp³-hybridized carbons (Fsp3) is 0.929. The van der Waals surface area contributed by atoms with Crippen molar-refractivity contribution in [2.24, 2.45) is 0 Å². The van der Waals surface area contributed by atoms with E-state index >= 15 is 0 Å². The molecule has 0 spiro atoms. The topological polar surface area (TPSA) is 66.8 Å². The van der Waals surface area contributed by atoms with Gasteiger partial charge in [0, 0.05) is 19.6 Å². The molecule has 0 aromatic rings. The predicted molar refractivity (Wildman–Crippen MR) is 71.3 cm³/mol. The first-order valence-corrected chi connectivity index (χ1v) is 7.18. The Labute approximate surface area is 110 Å². The lowest BCUT2D eigenvalue weighted by atomic mass is 10.1. The maximum absolute atomic E-state index is 11.1. The summed E-state index contributed by atoms with van der Waals surface area (Å²) in [5.74, 6) is -0.201. The smallest absolute Gasteiger partial charge is 0.305 e. The Morgan fingerprint density at radius 3 is 1.78 bits per heavy atom. The number of aliphatic hydroxyl groups excluding tert-OH is 2. The Balaban J connectivity index is 3.04. The van der Waals surface area contributed by atoms with Crippen molar-refractivity contribution in [1.29, 1.82) is 0 Å². The molecule has 0 aliphatic carbocycles. The molecule has 0 bridgehead atoms. The molecule has 0 saturated heterocycles. The Bertz CT molecular complexity index is 183. The van der Waals surface area contributed by atoms with Gasteiger partial charge in [-0.1, -0.05) is 38.5 Å². The van der Waals surface area contributed by atoms with Crippen LogP contribution in [0.1, 0.15) is 64.2 Å². The summed E-state index contributed by atoms with van der Waals surface area (Å²) in [6, 6.07) is 0. The standard InChI is InChI=1S/C14H28O4/c15-11-7-5-3-1-2-4-6-8-13-18-14(17)10-9-12-16/h15-16H,1-13H2. The lowest BCUT2D eigenvalue weighted by Crippen LogP contribution is -2.06. The summed E-state index contributed by atoms with van der Waals surface area (Å²) in [6.45, 7) is 0.863. The summed E-state index contributed by atoms with van der Waals surface area (Å²) < 4.78 is 5.03. The van der Waals surface area contributed by atoms with Crippen LogP contribution in [0.3, 0.4) is 0 Å². The fourth-order valence-corrected chi connectivity index (χ4v) is 1.76. The molecule has 0 atom stereocenters. The molecule has 0 fully saturated rings. The van der Waals surface area contributed by atoms with E-state index in [0.717, 1.165) is 25.7 Å². The largest absolute Gasteiger partial charge is 0.466 e. The third-order valence-corrected chi connectivity index (χ3v) is 2.85. The minimum atomic E-state index is -0.201. The molecule has 0 rings (SSSR count). The van der Waals surface area contributed by atoms with Crippen molar-refractivity contribution in [3.05, 3.63) is 0 Å². The van der Waals surface area contributed by atoms with E-state index in [4.69, 9.17) is 14.9 Å². The van der Waals surface area contributed by atoms with E-state index in [0.29, 0.717) is 26.1 Å². The molecule has 0 aliphatic rings. The zero-order valence-corrected chi connectivity index (χ0v) is 11.4. The molecule has 4 nitrogen and oxygen atoms in total. The van der Waals surface area contributed by atoms with Crippen molar-refractivity contribution in [3.8, 4) is 0 Å². The summed E-state index contributed by atoms with van der Waals surface area (Å²) in [5.41, 5.74) is 0. The van der Waals surface area contributed by atoms with E-state index in [9.17, 15) is 4.79 Å². The van der Waals surface area contributed by atoms with Crippen molar-refractivity contribution in [3.63, 3.8) is 0 Å². The number of aliphatic hydroxyl groups is 2. The fourth-order valence-electron chi connectivity index (χ4n) is 1.76. The van der Waals surface area contributed by atoms with Gasteiger partial charge in [0.2, 0.25) is 0 Å². The summed E-state index contributed by atoms with van der Waals surface area (Å²) in [5, 5.41) is 17.1. The van der Waals surface area contributed by atoms with Gasteiger partial charge in [-0.2, -0.15) is 0 Å². The Morgan fingerprint density at radius 1 is 0.722 bits per heavy atom. The van der Waals surface area contributed by atoms with Gasteiger partial charge in [0.25, 0.3) is 0 Å². The minimum Gasteiger partial charge on any atom is -0.466 e. The molecular formula is C14H28O4. The van der Waals surface area contributed by atoms with Gasteiger partial charge in [0.05, 0.1) is 6.61 Å². The van der Waals surface area contributed by atoms with Gasteiger partial charge >= 0.3 is 5.97 Å². The van der Waals surface area contributed by atoms with Gasteiger partial charge in [-0.15, -0.1) is 0 Å². The number of hydrogen-bond donors (Lipinski definition) is 2. The number of unbranched alkanes of at least 4 members (excludes halogenated alkanes) is 7. The van der Waals surface area contributed by atoms with E-state index in [1.165, 1.54) is 25.7 Å². The molecule has 0 aromatic carbocycles. The van der Waals surface area contributed by atoms with Crippen LogP contribution < -0.4 is 0 Å². The minimum absolute atomic E-state index is 0.0470. The number of ether oxygens (including phenoxy) is 1. The number of esters is 1.